The first-order valence-electron chi connectivity index (χ1n) is 3.14. The molecule has 0 aliphatic rings. The van der Waals surface area contributed by atoms with Gasteiger partial charge in [0, 0.05) is 9.85 Å². The number of hydrogen-bond acceptors (Lipinski definition) is 4. The van der Waals surface area contributed by atoms with Crippen molar-refractivity contribution in [3.8, 4) is 15.8 Å². The maximum Gasteiger partial charge on any atom is 0.222 e. The summed E-state index contributed by atoms with van der Waals surface area (Å²) in [4.78, 5) is 5.03. The SMILES string of the molecule is Oc1csc(-c2cc(Br)cs2)n1. The van der Waals surface area contributed by atoms with Crippen LogP contribution in [-0.2, 0) is 0 Å². The van der Waals surface area contributed by atoms with E-state index in [0.29, 0.717) is 0 Å². The average Bonchev–Trinajstić information content (AvgIpc) is 2.58. The molecule has 0 radical (unpaired) electrons. The summed E-state index contributed by atoms with van der Waals surface area (Å²) in [5.41, 5.74) is 0. The van der Waals surface area contributed by atoms with Crippen LogP contribution in [0.2, 0.25) is 0 Å². The molecule has 2 aromatic heterocycles. The normalized spacial score (nSPS) is 10.4. The summed E-state index contributed by atoms with van der Waals surface area (Å²) in [6.07, 6.45) is 0. The van der Waals surface area contributed by atoms with Crippen LogP contribution in [0, 0.1) is 0 Å². The molecule has 0 amide bonds. The van der Waals surface area contributed by atoms with Gasteiger partial charge in [-0.1, -0.05) is 0 Å². The number of hydrogen-bond donors (Lipinski definition) is 1. The van der Waals surface area contributed by atoms with Crippen molar-refractivity contribution in [1.82, 2.24) is 4.98 Å². The second kappa shape index (κ2) is 3.16. The molecule has 0 bridgehead atoms. The molecule has 62 valence electrons. The minimum Gasteiger partial charge on any atom is -0.493 e. The van der Waals surface area contributed by atoms with Gasteiger partial charge in [0.25, 0.3) is 0 Å². The van der Waals surface area contributed by atoms with E-state index in [0.717, 1.165) is 14.4 Å². The van der Waals surface area contributed by atoms with Crippen molar-refractivity contribution in [2.24, 2.45) is 0 Å². The minimum absolute atomic E-state index is 0.0968. The molecule has 0 fully saturated rings. The Morgan fingerprint density at radius 1 is 1.33 bits per heavy atom. The van der Waals surface area contributed by atoms with Gasteiger partial charge < -0.3 is 5.11 Å². The Labute approximate surface area is 85.7 Å². The maximum absolute atomic E-state index is 9.01. The summed E-state index contributed by atoms with van der Waals surface area (Å²) in [7, 11) is 0. The lowest BCUT2D eigenvalue weighted by atomic mass is 10.5. The molecule has 0 spiro atoms. The van der Waals surface area contributed by atoms with Gasteiger partial charge >= 0.3 is 0 Å². The molecule has 1 N–H and O–H groups in total. The third kappa shape index (κ3) is 1.53. The molecule has 0 aromatic carbocycles. The second-order valence-electron chi connectivity index (χ2n) is 2.14. The fourth-order valence-electron chi connectivity index (χ4n) is 0.804. The van der Waals surface area contributed by atoms with Crippen molar-refractivity contribution in [2.75, 3.05) is 0 Å². The van der Waals surface area contributed by atoms with Gasteiger partial charge in [-0.2, -0.15) is 0 Å². The van der Waals surface area contributed by atoms with Gasteiger partial charge in [-0.15, -0.1) is 22.7 Å². The third-order valence-electron chi connectivity index (χ3n) is 1.27. The number of aromatic hydroxyl groups is 1. The molecule has 2 heterocycles. The van der Waals surface area contributed by atoms with Crippen molar-refractivity contribution in [3.05, 3.63) is 21.3 Å². The number of thiazole rings is 1. The van der Waals surface area contributed by atoms with Crippen LogP contribution in [0.25, 0.3) is 9.88 Å². The van der Waals surface area contributed by atoms with E-state index in [1.54, 1.807) is 16.7 Å². The van der Waals surface area contributed by atoms with Crippen molar-refractivity contribution < 1.29 is 5.11 Å². The highest BCUT2D eigenvalue weighted by molar-refractivity contribution is 9.10. The van der Waals surface area contributed by atoms with Gasteiger partial charge in [0.05, 0.1) is 10.3 Å². The van der Waals surface area contributed by atoms with Crippen LogP contribution in [0.4, 0.5) is 0 Å². The molecule has 2 aromatic rings. The van der Waals surface area contributed by atoms with Gasteiger partial charge in [-0.25, -0.2) is 4.98 Å². The fraction of sp³-hybridized carbons (Fsp3) is 0. The summed E-state index contributed by atoms with van der Waals surface area (Å²) in [6, 6.07) is 1.99. The first-order chi connectivity index (χ1) is 5.75. The van der Waals surface area contributed by atoms with Crippen molar-refractivity contribution in [3.63, 3.8) is 0 Å². The summed E-state index contributed by atoms with van der Waals surface area (Å²) in [6.45, 7) is 0. The lowest BCUT2D eigenvalue weighted by Crippen LogP contribution is -1.66. The zero-order valence-corrected chi connectivity index (χ0v) is 9.04. The second-order valence-corrected chi connectivity index (χ2v) is 4.83. The van der Waals surface area contributed by atoms with Crippen LogP contribution in [0.1, 0.15) is 0 Å². The van der Waals surface area contributed by atoms with Crippen LogP contribution >= 0.6 is 38.6 Å². The number of nitrogens with zero attached hydrogens (tertiary/aromatic N) is 1. The summed E-state index contributed by atoms with van der Waals surface area (Å²) < 4.78 is 1.05. The van der Waals surface area contributed by atoms with Crippen molar-refractivity contribution >= 4 is 38.6 Å². The zero-order chi connectivity index (χ0) is 8.55. The highest BCUT2D eigenvalue weighted by Gasteiger charge is 2.05. The quantitative estimate of drug-likeness (QED) is 0.855. The largest absolute Gasteiger partial charge is 0.493 e. The van der Waals surface area contributed by atoms with Gasteiger partial charge in [0.2, 0.25) is 5.88 Å². The Morgan fingerprint density at radius 3 is 2.67 bits per heavy atom. The maximum atomic E-state index is 9.01. The number of aromatic nitrogens is 1. The molecule has 12 heavy (non-hydrogen) atoms. The van der Waals surface area contributed by atoms with E-state index in [1.165, 1.54) is 11.3 Å². The van der Waals surface area contributed by atoms with Crippen LogP contribution in [0.3, 0.4) is 0 Å². The Hall–Kier alpha value is -0.390. The monoisotopic (exact) mass is 261 g/mol. The van der Waals surface area contributed by atoms with Crippen LogP contribution in [0.15, 0.2) is 21.3 Å². The molecular weight excluding hydrogens is 258 g/mol. The van der Waals surface area contributed by atoms with Crippen molar-refractivity contribution in [2.45, 2.75) is 0 Å². The third-order valence-corrected chi connectivity index (χ3v) is 3.96. The van der Waals surface area contributed by atoms with Gasteiger partial charge in [-0.05, 0) is 22.0 Å². The number of halogens is 1. The smallest absolute Gasteiger partial charge is 0.222 e. The Balaban J connectivity index is 2.43. The number of thiophene rings is 1. The molecule has 0 aliphatic carbocycles. The van der Waals surface area contributed by atoms with E-state index in [1.807, 2.05) is 11.4 Å². The molecule has 0 saturated carbocycles. The predicted octanol–water partition coefficient (Wildman–Crippen LogP) is 3.34. The Bertz CT molecular complexity index is 357. The highest BCUT2D eigenvalue weighted by atomic mass is 79.9. The van der Waals surface area contributed by atoms with E-state index in [9.17, 15) is 0 Å². The van der Waals surface area contributed by atoms with Crippen molar-refractivity contribution in [1.29, 1.82) is 0 Å². The van der Waals surface area contributed by atoms with Crippen LogP contribution in [-0.4, -0.2) is 10.1 Å². The lowest BCUT2D eigenvalue weighted by molar-refractivity contribution is 0.458. The Kier molecular flexibility index (Phi) is 2.16. The van der Waals surface area contributed by atoms with E-state index in [-0.39, 0.29) is 5.88 Å². The first kappa shape index (κ1) is 8.22. The van der Waals surface area contributed by atoms with Gasteiger partial charge in [0.1, 0.15) is 5.01 Å². The zero-order valence-electron chi connectivity index (χ0n) is 5.82. The molecular formula is C7H4BrNOS2. The molecule has 0 atom stereocenters. The van der Waals surface area contributed by atoms with Crippen LogP contribution < -0.4 is 0 Å². The lowest BCUT2D eigenvalue weighted by Gasteiger charge is -1.84. The van der Waals surface area contributed by atoms with Gasteiger partial charge in [-0.3, -0.25) is 0 Å². The molecule has 2 rings (SSSR count). The van der Waals surface area contributed by atoms with E-state index in [2.05, 4.69) is 20.9 Å². The standard InChI is InChI=1S/C7H4BrNOS2/c8-4-1-5(11-2-4)7-9-6(10)3-12-7/h1-3,10H. The molecule has 0 saturated heterocycles. The molecule has 2 nitrogen and oxygen atoms in total. The van der Waals surface area contributed by atoms with E-state index in [4.69, 9.17) is 5.11 Å². The fourth-order valence-corrected chi connectivity index (χ4v) is 2.99. The minimum atomic E-state index is 0.0968. The summed E-state index contributed by atoms with van der Waals surface area (Å²) in [5.74, 6) is 0.0968. The first-order valence-corrected chi connectivity index (χ1v) is 5.70. The summed E-state index contributed by atoms with van der Waals surface area (Å²) in [5, 5.41) is 13.5. The van der Waals surface area contributed by atoms with Gasteiger partial charge in [0.15, 0.2) is 0 Å². The molecule has 0 aliphatic heterocycles. The predicted molar refractivity (Wildman–Crippen MR) is 54.8 cm³/mol. The van der Waals surface area contributed by atoms with Crippen LogP contribution in [0.5, 0.6) is 5.88 Å². The molecule has 0 unspecified atom stereocenters. The van der Waals surface area contributed by atoms with E-state index < -0.39 is 0 Å². The topological polar surface area (TPSA) is 33.1 Å². The van der Waals surface area contributed by atoms with E-state index >= 15 is 0 Å². The molecule has 5 heteroatoms. The Morgan fingerprint density at radius 2 is 2.17 bits per heavy atom. The summed E-state index contributed by atoms with van der Waals surface area (Å²) >= 11 is 6.41. The number of rotatable bonds is 1. The average molecular weight is 262 g/mol. The highest BCUT2D eigenvalue weighted by Crippen LogP contribution is 2.33.